The zero-order valence-corrected chi connectivity index (χ0v) is 7.12. The van der Waals surface area contributed by atoms with Crippen molar-refractivity contribution >= 4 is 5.97 Å². The van der Waals surface area contributed by atoms with Crippen LogP contribution in [0.3, 0.4) is 0 Å². The molecule has 0 aromatic heterocycles. The van der Waals surface area contributed by atoms with E-state index in [1.54, 1.807) is 0 Å². The van der Waals surface area contributed by atoms with Crippen molar-refractivity contribution in [2.75, 3.05) is 0 Å². The molecule has 0 bridgehead atoms. The fourth-order valence-electron chi connectivity index (χ4n) is 1.08. The lowest BCUT2D eigenvalue weighted by Crippen LogP contribution is -2.49. The lowest BCUT2D eigenvalue weighted by Gasteiger charge is -2.30. The molecule has 1 rings (SSSR count). The molecule has 1 unspecified atom stereocenters. The van der Waals surface area contributed by atoms with E-state index < -0.39 is 40.7 Å². The Morgan fingerprint density at radius 3 is 2.07 bits per heavy atom. The number of hydrogen-bond acceptors (Lipinski definition) is 7. The van der Waals surface area contributed by atoms with Crippen LogP contribution < -0.4 is 0 Å². The van der Waals surface area contributed by atoms with Gasteiger partial charge in [0.05, 0.1) is 0 Å². The highest BCUT2D eigenvalue weighted by molar-refractivity contribution is 5.92. The molecule has 0 aromatic rings. The van der Waals surface area contributed by atoms with Crippen molar-refractivity contribution in [1.82, 2.24) is 0 Å². The van der Waals surface area contributed by atoms with Crippen LogP contribution in [0.25, 0.3) is 0 Å². The molecule has 0 heterocycles. The molecule has 1 aliphatic carbocycles. The summed E-state index contributed by atoms with van der Waals surface area (Å²) in [7, 11) is 0. The van der Waals surface area contributed by atoms with Crippen molar-refractivity contribution in [2.45, 2.75) is 11.9 Å². The first kappa shape index (κ1) is 11.3. The minimum atomic E-state index is -3.33. The highest BCUT2D eigenvalue weighted by atomic mass is 16.5. The maximum Gasteiger partial charge on any atom is 0.343 e. The summed E-state index contributed by atoms with van der Waals surface area (Å²) >= 11 is 0. The smallest absolute Gasteiger partial charge is 0.343 e. The second kappa shape index (κ2) is 3.12. The quantitative estimate of drug-likeness (QED) is 0.256. The van der Waals surface area contributed by atoms with Crippen molar-refractivity contribution < 1.29 is 40.5 Å². The third kappa shape index (κ3) is 1.40. The summed E-state index contributed by atoms with van der Waals surface area (Å²) in [6.45, 7) is 0. The lowest BCUT2D eigenvalue weighted by molar-refractivity contribution is -0.216. The van der Waals surface area contributed by atoms with Gasteiger partial charge in [-0.3, -0.25) is 0 Å². The van der Waals surface area contributed by atoms with Gasteiger partial charge in [-0.2, -0.15) is 0 Å². The summed E-state index contributed by atoms with van der Waals surface area (Å²) in [6.07, 6.45) is -2.46. The summed E-state index contributed by atoms with van der Waals surface area (Å²) in [5, 5.41) is 62.6. The van der Waals surface area contributed by atoms with Crippen LogP contribution in [0.4, 0.5) is 0 Å². The Bertz CT molecular complexity index is 376. The maximum absolute atomic E-state index is 10.5. The van der Waals surface area contributed by atoms with E-state index in [1.165, 1.54) is 0 Å². The molecule has 0 amide bonds. The van der Waals surface area contributed by atoms with E-state index in [2.05, 4.69) is 0 Å². The van der Waals surface area contributed by atoms with E-state index in [0.717, 1.165) is 0 Å². The predicted octanol–water partition coefficient (Wildman–Crippen LogP) is -1.73. The van der Waals surface area contributed by atoms with Gasteiger partial charge in [-0.1, -0.05) is 0 Å². The summed E-state index contributed by atoms with van der Waals surface area (Å²) in [5.41, 5.74) is -1.20. The molecular formula is C7H8O8. The molecule has 1 aliphatic rings. The van der Waals surface area contributed by atoms with Gasteiger partial charge >= 0.3 is 5.97 Å². The number of aliphatic hydroxyl groups excluding tert-OH is 4. The summed E-state index contributed by atoms with van der Waals surface area (Å²) in [4.78, 5) is 10.5. The van der Waals surface area contributed by atoms with Gasteiger partial charge in [-0.15, -0.1) is 0 Å². The van der Waals surface area contributed by atoms with Crippen LogP contribution >= 0.6 is 0 Å². The minimum Gasteiger partial charge on any atom is -0.508 e. The largest absolute Gasteiger partial charge is 0.508 e. The van der Waals surface area contributed by atoms with Crippen molar-refractivity contribution in [2.24, 2.45) is 0 Å². The van der Waals surface area contributed by atoms with Crippen molar-refractivity contribution in [1.29, 1.82) is 0 Å². The number of aliphatic hydroxyl groups is 6. The molecule has 8 nitrogen and oxygen atoms in total. The molecule has 7 N–H and O–H groups in total. The van der Waals surface area contributed by atoms with E-state index in [-0.39, 0.29) is 0 Å². The summed E-state index contributed by atoms with van der Waals surface area (Å²) < 4.78 is 0. The third-order valence-electron chi connectivity index (χ3n) is 1.92. The molecule has 1 atom stereocenters. The molecule has 0 fully saturated rings. The second-order valence-electron chi connectivity index (χ2n) is 2.89. The van der Waals surface area contributed by atoms with E-state index >= 15 is 0 Å². The summed E-state index contributed by atoms with van der Waals surface area (Å²) in [5.74, 6) is -9.50. The van der Waals surface area contributed by atoms with Gasteiger partial charge in [0.1, 0.15) is 11.3 Å². The molecule has 0 saturated heterocycles. The Kier molecular flexibility index (Phi) is 2.35. The van der Waals surface area contributed by atoms with Crippen molar-refractivity contribution in [3.8, 4) is 0 Å². The number of hydrogen-bond donors (Lipinski definition) is 7. The van der Waals surface area contributed by atoms with Crippen LogP contribution in [0.5, 0.6) is 0 Å². The second-order valence-corrected chi connectivity index (χ2v) is 2.89. The molecule has 0 saturated carbocycles. The number of rotatable bonds is 1. The Morgan fingerprint density at radius 1 is 1.20 bits per heavy atom. The molecule has 15 heavy (non-hydrogen) atoms. The monoisotopic (exact) mass is 220 g/mol. The number of carboxylic acids is 1. The molecule has 0 aromatic carbocycles. The Morgan fingerprint density at radius 2 is 1.67 bits per heavy atom. The standard InChI is InChI=1S/C7H8O8/c8-2-1(6(12)13)3(9)5(11)7(14,15)4(2)10/h4,8-11,14-15H,(H,12,13). The van der Waals surface area contributed by atoms with Crippen LogP contribution in [0.2, 0.25) is 0 Å². The molecule has 8 heteroatoms. The van der Waals surface area contributed by atoms with Gasteiger partial charge in [0.15, 0.2) is 17.6 Å². The average Bonchev–Trinajstić information content (AvgIpc) is 2.12. The first-order chi connectivity index (χ1) is 6.71. The SMILES string of the molecule is O=C(O)C1=C(O)C(O)C(O)(O)C(O)=C1O. The van der Waals surface area contributed by atoms with Crippen molar-refractivity contribution in [3.05, 3.63) is 22.9 Å². The summed E-state index contributed by atoms with van der Waals surface area (Å²) in [6, 6.07) is 0. The average molecular weight is 220 g/mol. The molecule has 84 valence electrons. The molecule has 0 radical (unpaired) electrons. The van der Waals surface area contributed by atoms with Crippen LogP contribution in [-0.2, 0) is 4.79 Å². The van der Waals surface area contributed by atoms with Crippen LogP contribution in [-0.4, -0.2) is 53.6 Å². The Balaban J connectivity index is 3.45. The number of carboxylic acid groups (broad SMARTS) is 1. The van der Waals surface area contributed by atoms with Crippen molar-refractivity contribution in [3.63, 3.8) is 0 Å². The fraction of sp³-hybridized carbons (Fsp3) is 0.286. The van der Waals surface area contributed by atoms with E-state index in [4.69, 9.17) is 35.7 Å². The first-order valence-electron chi connectivity index (χ1n) is 3.63. The van der Waals surface area contributed by atoms with E-state index in [9.17, 15) is 4.79 Å². The minimum absolute atomic E-state index is 1.20. The van der Waals surface area contributed by atoms with Crippen LogP contribution in [0.15, 0.2) is 22.9 Å². The van der Waals surface area contributed by atoms with Gasteiger partial charge in [-0.25, -0.2) is 4.79 Å². The maximum atomic E-state index is 10.5. The van der Waals surface area contributed by atoms with Gasteiger partial charge in [0.25, 0.3) is 5.79 Å². The normalized spacial score (nSPS) is 25.7. The third-order valence-corrected chi connectivity index (χ3v) is 1.92. The Hall–Kier alpha value is -1.77. The van der Waals surface area contributed by atoms with Gasteiger partial charge in [0.2, 0.25) is 0 Å². The van der Waals surface area contributed by atoms with E-state index in [0.29, 0.717) is 0 Å². The number of carbonyl (C=O) groups is 1. The number of aliphatic carboxylic acids is 1. The lowest BCUT2D eigenvalue weighted by atomic mass is 9.93. The molecule has 0 aliphatic heterocycles. The van der Waals surface area contributed by atoms with Gasteiger partial charge < -0.3 is 35.7 Å². The zero-order chi connectivity index (χ0) is 12.0. The van der Waals surface area contributed by atoms with E-state index in [1.807, 2.05) is 0 Å². The molecule has 0 spiro atoms. The predicted molar refractivity (Wildman–Crippen MR) is 42.7 cm³/mol. The zero-order valence-electron chi connectivity index (χ0n) is 7.12. The highest BCUT2D eigenvalue weighted by Crippen LogP contribution is 2.32. The Labute approximate surface area is 82.3 Å². The topological polar surface area (TPSA) is 159 Å². The van der Waals surface area contributed by atoms with Gasteiger partial charge in [0, 0.05) is 0 Å². The van der Waals surface area contributed by atoms with Gasteiger partial charge in [-0.05, 0) is 0 Å². The van der Waals surface area contributed by atoms with Crippen LogP contribution in [0.1, 0.15) is 0 Å². The molecular weight excluding hydrogens is 212 g/mol. The van der Waals surface area contributed by atoms with Crippen LogP contribution in [0, 0.1) is 0 Å². The highest BCUT2D eigenvalue weighted by Gasteiger charge is 2.49. The fourth-order valence-corrected chi connectivity index (χ4v) is 1.08. The first-order valence-corrected chi connectivity index (χ1v) is 3.63.